The van der Waals surface area contributed by atoms with E-state index in [2.05, 4.69) is 11.1 Å². The Balaban J connectivity index is 1.54. The molecule has 3 heterocycles. The Kier molecular flexibility index (Phi) is 4.24. The summed E-state index contributed by atoms with van der Waals surface area (Å²) in [5.74, 6) is 0. The number of rotatable bonds is 4. The van der Waals surface area contributed by atoms with Gasteiger partial charge in [-0.15, -0.1) is 0 Å². The van der Waals surface area contributed by atoms with E-state index >= 15 is 0 Å². The van der Waals surface area contributed by atoms with Crippen LogP contribution in [0.1, 0.15) is 24.0 Å². The van der Waals surface area contributed by atoms with Crippen LogP contribution in [0.25, 0.3) is 0 Å². The van der Waals surface area contributed by atoms with Crippen LogP contribution in [0.15, 0.2) is 18.5 Å². The van der Waals surface area contributed by atoms with Gasteiger partial charge in [0, 0.05) is 38.5 Å². The molecule has 0 radical (unpaired) electrons. The minimum atomic E-state index is -3.11. The van der Waals surface area contributed by atoms with Gasteiger partial charge in [-0.1, -0.05) is 6.07 Å². The van der Waals surface area contributed by atoms with Crippen molar-refractivity contribution >= 4 is 10.0 Å². The molecule has 1 aromatic rings. The van der Waals surface area contributed by atoms with Crippen LogP contribution in [0.2, 0.25) is 0 Å². The molecule has 0 saturated carbocycles. The first-order valence-corrected chi connectivity index (χ1v) is 9.32. The molecule has 7 heteroatoms. The van der Waals surface area contributed by atoms with Crippen LogP contribution >= 0.6 is 0 Å². The molecule has 1 spiro atoms. The fourth-order valence-corrected chi connectivity index (χ4v) is 4.03. The summed E-state index contributed by atoms with van der Waals surface area (Å²) in [7, 11) is -3.11. The van der Waals surface area contributed by atoms with Crippen molar-refractivity contribution in [3.63, 3.8) is 0 Å². The number of hydrogen-bond acceptors (Lipinski definition) is 5. The highest BCUT2D eigenvalue weighted by Crippen LogP contribution is 2.36. The van der Waals surface area contributed by atoms with Crippen molar-refractivity contribution in [3.05, 3.63) is 29.6 Å². The average molecular weight is 326 g/mol. The smallest absolute Gasteiger partial charge is 0.211 e. The van der Waals surface area contributed by atoms with E-state index in [1.807, 2.05) is 19.3 Å². The zero-order chi connectivity index (χ0) is 15.8. The van der Waals surface area contributed by atoms with Gasteiger partial charge in [0.15, 0.2) is 0 Å². The minimum absolute atomic E-state index is 0.107. The first-order valence-electron chi connectivity index (χ1n) is 7.48. The number of sulfonamides is 1. The summed E-state index contributed by atoms with van der Waals surface area (Å²) in [6, 6.07) is 2.07. The van der Waals surface area contributed by atoms with Crippen LogP contribution in [0, 0.1) is 6.92 Å². The lowest BCUT2D eigenvalue weighted by atomic mass is 9.86. The zero-order valence-corrected chi connectivity index (χ0v) is 13.8. The first kappa shape index (κ1) is 15.9. The summed E-state index contributed by atoms with van der Waals surface area (Å²) in [5, 5.41) is 0. The number of aryl methyl sites for hydroxylation is 1. The second-order valence-corrected chi connectivity index (χ2v) is 8.34. The van der Waals surface area contributed by atoms with Crippen molar-refractivity contribution in [3.8, 4) is 0 Å². The van der Waals surface area contributed by atoms with Crippen LogP contribution in [0.5, 0.6) is 0 Å². The van der Waals surface area contributed by atoms with Crippen LogP contribution in [-0.2, 0) is 26.1 Å². The molecule has 3 rings (SSSR count). The predicted molar refractivity (Wildman–Crippen MR) is 81.9 cm³/mol. The minimum Gasteiger partial charge on any atom is -0.373 e. The van der Waals surface area contributed by atoms with Crippen LogP contribution in [0.4, 0.5) is 0 Å². The lowest BCUT2D eigenvalue weighted by Gasteiger charge is -2.51. The molecular formula is C15H22N2O4S. The fourth-order valence-electron chi connectivity index (χ4n) is 3.09. The average Bonchev–Trinajstić information content (AvgIpc) is 2.42. The Hall–Kier alpha value is -1.02. The van der Waals surface area contributed by atoms with E-state index in [1.165, 1.54) is 10.6 Å². The van der Waals surface area contributed by atoms with E-state index in [0.717, 1.165) is 24.0 Å². The van der Waals surface area contributed by atoms with Gasteiger partial charge < -0.3 is 9.47 Å². The topological polar surface area (TPSA) is 68.7 Å². The largest absolute Gasteiger partial charge is 0.373 e. The molecular weight excluding hydrogens is 304 g/mol. The maximum atomic E-state index is 11.5. The molecule has 0 N–H and O–H groups in total. The van der Waals surface area contributed by atoms with E-state index in [-0.39, 0.29) is 11.7 Å². The van der Waals surface area contributed by atoms with Crippen LogP contribution in [-0.4, -0.2) is 55.4 Å². The molecule has 2 fully saturated rings. The molecule has 0 aliphatic carbocycles. The van der Waals surface area contributed by atoms with Crippen molar-refractivity contribution in [1.82, 2.24) is 9.29 Å². The standard InChI is InChI=1S/C15H22N2O4S/c1-12-5-13(8-16-7-12)9-20-14-3-4-21-15(6-14)10-17(11-15)22(2,18)19/h5,7-8,14H,3-4,6,9-11H2,1-2H3. The van der Waals surface area contributed by atoms with Gasteiger partial charge in [-0.25, -0.2) is 8.42 Å². The van der Waals surface area contributed by atoms with Crippen molar-refractivity contribution < 1.29 is 17.9 Å². The third kappa shape index (κ3) is 3.48. The maximum Gasteiger partial charge on any atom is 0.211 e. The van der Waals surface area contributed by atoms with Gasteiger partial charge in [-0.3, -0.25) is 4.98 Å². The number of aromatic nitrogens is 1. The summed E-state index contributed by atoms with van der Waals surface area (Å²) in [6.45, 7) is 4.04. The van der Waals surface area contributed by atoms with Gasteiger partial charge in [0.1, 0.15) is 0 Å². The van der Waals surface area contributed by atoms with Gasteiger partial charge in [0.05, 0.1) is 24.6 Å². The quantitative estimate of drug-likeness (QED) is 0.829. The lowest BCUT2D eigenvalue weighted by molar-refractivity contribution is -0.180. The normalized spacial score (nSPS) is 25.1. The van der Waals surface area contributed by atoms with E-state index in [4.69, 9.17) is 9.47 Å². The molecule has 0 bridgehead atoms. The molecule has 122 valence electrons. The number of hydrogen-bond donors (Lipinski definition) is 0. The molecule has 2 aliphatic heterocycles. The molecule has 22 heavy (non-hydrogen) atoms. The molecule has 0 amide bonds. The number of pyridine rings is 1. The molecule has 2 saturated heterocycles. The van der Waals surface area contributed by atoms with E-state index in [1.54, 1.807) is 0 Å². The summed E-state index contributed by atoms with van der Waals surface area (Å²) in [6.07, 6.45) is 6.58. The monoisotopic (exact) mass is 326 g/mol. The Morgan fingerprint density at radius 1 is 1.45 bits per heavy atom. The highest BCUT2D eigenvalue weighted by atomic mass is 32.2. The van der Waals surface area contributed by atoms with Crippen LogP contribution in [0.3, 0.4) is 0 Å². The Morgan fingerprint density at radius 2 is 2.23 bits per heavy atom. The Labute approximate surface area is 131 Å². The molecule has 2 aliphatic rings. The van der Waals surface area contributed by atoms with Crippen molar-refractivity contribution in [1.29, 1.82) is 0 Å². The Morgan fingerprint density at radius 3 is 2.91 bits per heavy atom. The SMILES string of the molecule is Cc1cncc(COC2CCOC3(C2)CN(S(C)(=O)=O)C3)c1. The summed E-state index contributed by atoms with van der Waals surface area (Å²) in [4.78, 5) is 4.16. The molecule has 1 atom stereocenters. The molecule has 0 aromatic carbocycles. The first-order chi connectivity index (χ1) is 10.4. The lowest BCUT2D eigenvalue weighted by Crippen LogP contribution is -2.67. The van der Waals surface area contributed by atoms with E-state index in [9.17, 15) is 8.42 Å². The molecule has 6 nitrogen and oxygen atoms in total. The van der Waals surface area contributed by atoms with Crippen molar-refractivity contribution in [2.75, 3.05) is 26.0 Å². The van der Waals surface area contributed by atoms with Crippen LogP contribution < -0.4 is 0 Å². The van der Waals surface area contributed by atoms with E-state index in [0.29, 0.717) is 26.3 Å². The van der Waals surface area contributed by atoms with Gasteiger partial charge in [0.2, 0.25) is 10.0 Å². The van der Waals surface area contributed by atoms with Crippen molar-refractivity contribution in [2.24, 2.45) is 0 Å². The van der Waals surface area contributed by atoms with Gasteiger partial charge in [-0.05, 0) is 24.5 Å². The third-order valence-electron chi connectivity index (χ3n) is 4.26. The number of ether oxygens (including phenoxy) is 2. The molecule has 1 aromatic heterocycles. The van der Waals surface area contributed by atoms with Gasteiger partial charge in [-0.2, -0.15) is 4.31 Å². The highest BCUT2D eigenvalue weighted by Gasteiger charge is 2.50. The maximum absolute atomic E-state index is 11.5. The summed E-state index contributed by atoms with van der Waals surface area (Å²) < 4.78 is 36.3. The van der Waals surface area contributed by atoms with E-state index < -0.39 is 10.0 Å². The van der Waals surface area contributed by atoms with Gasteiger partial charge >= 0.3 is 0 Å². The van der Waals surface area contributed by atoms with Crippen molar-refractivity contribution in [2.45, 2.75) is 38.1 Å². The second kappa shape index (κ2) is 5.88. The summed E-state index contributed by atoms with van der Waals surface area (Å²) >= 11 is 0. The van der Waals surface area contributed by atoms with Gasteiger partial charge in [0.25, 0.3) is 0 Å². The number of nitrogens with zero attached hydrogens (tertiary/aromatic N) is 2. The Bertz CT molecular complexity index is 641. The third-order valence-corrected chi connectivity index (χ3v) is 5.46. The summed E-state index contributed by atoms with van der Waals surface area (Å²) in [5.41, 5.74) is 1.83. The predicted octanol–water partition coefficient (Wildman–Crippen LogP) is 1.10. The fraction of sp³-hybridized carbons (Fsp3) is 0.667. The highest BCUT2D eigenvalue weighted by molar-refractivity contribution is 7.88. The zero-order valence-electron chi connectivity index (χ0n) is 13.0. The molecule has 1 unspecified atom stereocenters. The second-order valence-electron chi connectivity index (χ2n) is 6.36.